The Kier molecular flexibility index (Phi) is 21.1. The van der Waals surface area contributed by atoms with Crippen LogP contribution < -0.4 is 0 Å². The van der Waals surface area contributed by atoms with Gasteiger partial charge in [-0.15, -0.1) is 0 Å². The highest BCUT2D eigenvalue weighted by atomic mass is 16.8. The lowest BCUT2D eigenvalue weighted by molar-refractivity contribution is -0.359. The Bertz CT molecular complexity index is 2150. The maximum atomic E-state index is 12.7. The van der Waals surface area contributed by atoms with Crippen LogP contribution in [0.4, 0.5) is 0 Å². The lowest BCUT2D eigenvalue weighted by atomic mass is 9.46. The lowest BCUT2D eigenvalue weighted by Gasteiger charge is -2.59. The molecule has 0 spiro atoms. The van der Waals surface area contributed by atoms with Crippen LogP contribution in [-0.4, -0.2) is 233 Å². The molecule has 6 aliphatic heterocycles. The zero-order valence-corrected chi connectivity index (χ0v) is 52.3. The third kappa shape index (κ3) is 12.8. The predicted octanol–water partition coefficient (Wildman–Crippen LogP) is 4.95. The zero-order chi connectivity index (χ0) is 60.3. The molecule has 0 radical (unpaired) electrons. The molecule has 22 heteroatoms. The van der Waals surface area contributed by atoms with Gasteiger partial charge in [-0.25, -0.2) is 0 Å². The second-order valence-electron chi connectivity index (χ2n) is 26.9. The second-order valence-corrected chi connectivity index (χ2v) is 26.9. The van der Waals surface area contributed by atoms with Gasteiger partial charge in [0, 0.05) is 73.1 Å². The molecule has 33 atom stereocenters. The van der Waals surface area contributed by atoms with Crippen molar-refractivity contribution in [2.75, 3.05) is 35.5 Å². The summed E-state index contributed by atoms with van der Waals surface area (Å²) in [5.41, 5.74) is 0.199. The van der Waals surface area contributed by atoms with E-state index in [0.717, 1.165) is 44.9 Å². The SMILES string of the molecule is CO[C@H]1[C@@H](O)[C@@H](C)O[C@@H](O[C@H]2[C@@H](OC)C[C@H](O[C@H]3[C@@H](OC)C[C@H](O[C@H]4[C@@H](OC)C[C@H](O[C@@H]5[C@@H](C)O[C@@H](O[C@H]6[C@H](O)C[C@H](O[C@@H](C)[C@@]7(O)CC[C@H]8[C@@H]9CC=C%10C[C@@H](O)CC[C@]%10(C)[C@H]9CC[C@@]87C)O[C@@H]6C)C[C@H]5OC)O[C@@H]4C)O[C@@H]3C)O[C@@H]2C)[C@@H]1O. The van der Waals surface area contributed by atoms with Gasteiger partial charge in [-0.3, -0.25) is 0 Å². The molecule has 0 aromatic rings. The molecule has 6 heterocycles. The molecule has 4 aliphatic carbocycles. The van der Waals surface area contributed by atoms with E-state index >= 15 is 0 Å². The van der Waals surface area contributed by atoms with E-state index < -0.39 is 165 Å². The first kappa shape index (κ1) is 65.8. The van der Waals surface area contributed by atoms with Crippen molar-refractivity contribution in [1.82, 2.24) is 0 Å². The highest BCUT2D eigenvalue weighted by molar-refractivity contribution is 5.26. The van der Waals surface area contributed by atoms with Crippen molar-refractivity contribution in [2.24, 2.45) is 28.6 Å². The Morgan fingerprint density at radius 1 is 0.488 bits per heavy atom. The Balaban J connectivity index is 0.677. The number of hydrogen-bond donors (Lipinski definition) is 5. The molecule has 0 bridgehead atoms. The van der Waals surface area contributed by atoms with Gasteiger partial charge in [0.2, 0.25) is 0 Å². The Morgan fingerprint density at radius 2 is 0.940 bits per heavy atom. The molecule has 84 heavy (non-hydrogen) atoms. The van der Waals surface area contributed by atoms with Crippen LogP contribution in [0.2, 0.25) is 0 Å². The van der Waals surface area contributed by atoms with Crippen molar-refractivity contribution in [3.63, 3.8) is 0 Å². The number of allylic oxidation sites excluding steroid dienone is 1. The highest BCUT2D eigenvalue weighted by Gasteiger charge is 2.66. The molecule has 22 nitrogen and oxygen atoms in total. The van der Waals surface area contributed by atoms with Gasteiger partial charge in [0.1, 0.15) is 48.8 Å². The summed E-state index contributed by atoms with van der Waals surface area (Å²) in [4.78, 5) is 0. The summed E-state index contributed by atoms with van der Waals surface area (Å²) in [6.45, 7) is 17.8. The van der Waals surface area contributed by atoms with Crippen molar-refractivity contribution in [1.29, 1.82) is 0 Å². The van der Waals surface area contributed by atoms with E-state index in [2.05, 4.69) is 19.9 Å². The van der Waals surface area contributed by atoms with Crippen molar-refractivity contribution < 1.29 is 106 Å². The third-order valence-corrected chi connectivity index (χ3v) is 22.2. The number of aliphatic hydroxyl groups is 5. The fraction of sp³-hybridized carbons (Fsp3) is 0.968. The minimum Gasteiger partial charge on any atom is -0.393 e. The van der Waals surface area contributed by atoms with E-state index in [1.54, 1.807) is 35.4 Å². The van der Waals surface area contributed by atoms with E-state index in [0.29, 0.717) is 49.9 Å². The maximum absolute atomic E-state index is 12.7. The summed E-state index contributed by atoms with van der Waals surface area (Å²) in [6, 6.07) is 0. The van der Waals surface area contributed by atoms with Crippen LogP contribution in [0.15, 0.2) is 11.6 Å². The van der Waals surface area contributed by atoms with E-state index in [1.807, 2.05) is 41.5 Å². The largest absolute Gasteiger partial charge is 0.393 e. The van der Waals surface area contributed by atoms with Gasteiger partial charge in [0.25, 0.3) is 0 Å². The molecule has 10 aliphatic rings. The molecular weight excluding hydrogens is 1100 g/mol. The van der Waals surface area contributed by atoms with Crippen molar-refractivity contribution in [3.8, 4) is 0 Å². The first-order valence-electron chi connectivity index (χ1n) is 31.6. The van der Waals surface area contributed by atoms with Crippen LogP contribution in [0, 0.1) is 28.6 Å². The van der Waals surface area contributed by atoms with Gasteiger partial charge in [0.15, 0.2) is 37.7 Å². The summed E-state index contributed by atoms with van der Waals surface area (Å²) in [5.74, 6) is 1.43. The van der Waals surface area contributed by atoms with E-state index in [1.165, 1.54) is 12.7 Å². The molecule has 484 valence electrons. The summed E-state index contributed by atoms with van der Waals surface area (Å²) in [7, 11) is 7.90. The van der Waals surface area contributed by atoms with Gasteiger partial charge < -0.3 is 106 Å². The normalized spacial score (nSPS) is 53.1. The minimum atomic E-state index is -1.24. The minimum absolute atomic E-state index is 0.121. The van der Waals surface area contributed by atoms with Gasteiger partial charge in [-0.2, -0.15) is 0 Å². The molecule has 0 aromatic carbocycles. The maximum Gasteiger partial charge on any atom is 0.187 e. The molecule has 9 fully saturated rings. The molecule has 0 aromatic heterocycles. The summed E-state index contributed by atoms with van der Waals surface area (Å²) in [6.07, 6.45) is -6.09. The zero-order valence-electron chi connectivity index (χ0n) is 52.3. The van der Waals surface area contributed by atoms with E-state index in [-0.39, 0.29) is 23.4 Å². The summed E-state index contributed by atoms with van der Waals surface area (Å²) < 4.78 is 107. The average Bonchev–Trinajstić information content (AvgIpc) is 1.46. The first-order valence-corrected chi connectivity index (χ1v) is 31.6. The highest BCUT2D eigenvalue weighted by Crippen LogP contribution is 2.68. The number of fused-ring (bicyclic) bond motifs is 5. The fourth-order valence-electron chi connectivity index (χ4n) is 17.3. The Morgan fingerprint density at radius 3 is 1.42 bits per heavy atom. The standard InChI is InChI=1S/C62H104O22/c1-29-51(65)58(72-14)52(66)59(78-29)84-57-34(6)77-50(28-45(57)71-13)83-56-33(5)76-49(27-44(56)70-12)82-55-32(4)75-48(26-43(55)69-11)81-54-31(3)74-47(25-42(54)68-10)80-53-30(2)73-46(24-41(53)64)79-35(7)62(67)22-19-40-38-16-15-36-23-37(63)17-20-60(36,8)39(38)18-21-61(40,62)9/h15,29-35,37-59,63-67H,16-28H2,1-14H3/t29-,30-,31-,32-,33-,34-,35+,37+,38-,39+,40+,41-,42-,43+,44+,45+,46+,47+,48+,49+,50+,51+,52-,53-,54-,55-,56-,57-,58+,59+,60+,61+,62+/m1/s1. The molecule has 6 saturated heterocycles. The second kappa shape index (κ2) is 27.0. The van der Waals surface area contributed by atoms with E-state index in [9.17, 15) is 25.5 Å². The number of aliphatic hydroxyl groups excluding tert-OH is 4. The topological polar surface area (TPSA) is 258 Å². The van der Waals surface area contributed by atoms with Crippen LogP contribution in [-0.2, 0) is 80.5 Å². The Hall–Kier alpha value is -1.14. The van der Waals surface area contributed by atoms with Crippen LogP contribution in [0.25, 0.3) is 0 Å². The summed E-state index contributed by atoms with van der Waals surface area (Å²) in [5, 5.41) is 56.3. The van der Waals surface area contributed by atoms with E-state index in [4.69, 9.17) is 80.5 Å². The molecule has 10 rings (SSSR count). The third-order valence-electron chi connectivity index (χ3n) is 22.2. The first-order chi connectivity index (χ1) is 40.0. The van der Waals surface area contributed by atoms with Crippen molar-refractivity contribution >= 4 is 0 Å². The molecule has 0 amide bonds. The average molecular weight is 1200 g/mol. The number of methoxy groups -OCH3 is 5. The fourth-order valence-corrected chi connectivity index (χ4v) is 17.3. The smallest absolute Gasteiger partial charge is 0.187 e. The van der Waals surface area contributed by atoms with Crippen molar-refractivity contribution in [3.05, 3.63) is 11.6 Å². The quantitative estimate of drug-likeness (QED) is 0.114. The van der Waals surface area contributed by atoms with Crippen LogP contribution in [0.5, 0.6) is 0 Å². The molecular formula is C62H104O22. The molecule has 0 unspecified atom stereocenters. The monoisotopic (exact) mass is 1200 g/mol. The number of ether oxygens (including phenoxy) is 17. The number of rotatable bonds is 18. The number of hydrogen-bond acceptors (Lipinski definition) is 22. The van der Waals surface area contributed by atoms with Crippen molar-refractivity contribution in [2.45, 2.75) is 317 Å². The van der Waals surface area contributed by atoms with Crippen LogP contribution in [0.1, 0.15) is 146 Å². The van der Waals surface area contributed by atoms with Crippen LogP contribution in [0.3, 0.4) is 0 Å². The van der Waals surface area contributed by atoms with Gasteiger partial charge in [-0.1, -0.05) is 25.5 Å². The van der Waals surface area contributed by atoms with Crippen LogP contribution >= 0.6 is 0 Å². The summed E-state index contributed by atoms with van der Waals surface area (Å²) >= 11 is 0. The predicted molar refractivity (Wildman–Crippen MR) is 299 cm³/mol. The molecule has 3 saturated carbocycles. The lowest BCUT2D eigenvalue weighted by Crippen LogP contribution is -2.61. The Labute approximate surface area is 497 Å². The molecule has 5 N–H and O–H groups in total. The van der Waals surface area contributed by atoms with Gasteiger partial charge in [0.05, 0.1) is 85.0 Å². The van der Waals surface area contributed by atoms with Gasteiger partial charge in [-0.05, 0) is 123 Å². The van der Waals surface area contributed by atoms with Gasteiger partial charge >= 0.3 is 0 Å².